The van der Waals surface area contributed by atoms with Crippen LogP contribution < -0.4 is 10.6 Å². The Labute approximate surface area is 103 Å². The first-order valence-corrected chi connectivity index (χ1v) is 6.10. The van der Waals surface area contributed by atoms with Gasteiger partial charge >= 0.3 is 0 Å². The van der Waals surface area contributed by atoms with Crippen molar-refractivity contribution < 1.29 is 9.21 Å². The third-order valence-corrected chi connectivity index (χ3v) is 3.06. The highest BCUT2D eigenvalue weighted by molar-refractivity contribution is 7.13. The van der Waals surface area contributed by atoms with Crippen molar-refractivity contribution in [2.75, 3.05) is 20.1 Å². The van der Waals surface area contributed by atoms with Crippen molar-refractivity contribution in [1.29, 1.82) is 0 Å². The molecule has 0 aliphatic heterocycles. The van der Waals surface area contributed by atoms with Crippen molar-refractivity contribution in [2.24, 2.45) is 0 Å². The molecular formula is C11H13N3O2S. The first kappa shape index (κ1) is 11.8. The van der Waals surface area contributed by atoms with Gasteiger partial charge in [-0.25, -0.2) is 4.98 Å². The van der Waals surface area contributed by atoms with Gasteiger partial charge in [0.15, 0.2) is 0 Å². The second kappa shape index (κ2) is 5.60. The molecule has 0 unspecified atom stereocenters. The number of furan rings is 1. The molecule has 0 spiro atoms. The number of likely N-dealkylation sites (N-methyl/N-ethyl adjacent to an activating group) is 1. The van der Waals surface area contributed by atoms with Gasteiger partial charge in [-0.2, -0.15) is 0 Å². The highest BCUT2D eigenvalue weighted by Gasteiger charge is 2.11. The maximum atomic E-state index is 11.7. The number of thiazole rings is 1. The summed E-state index contributed by atoms with van der Waals surface area (Å²) in [7, 11) is 1.84. The standard InChI is InChI=1S/C11H13N3O2S/c1-12-3-4-13-10(15)9-7-17-11(14-9)8-2-5-16-6-8/h2,5-7,12H,3-4H2,1H3,(H,13,15). The van der Waals surface area contributed by atoms with Gasteiger partial charge in [0.1, 0.15) is 17.0 Å². The third kappa shape index (κ3) is 2.92. The predicted molar refractivity (Wildman–Crippen MR) is 66.1 cm³/mol. The average Bonchev–Trinajstić information content (AvgIpc) is 3.00. The summed E-state index contributed by atoms with van der Waals surface area (Å²) in [6.07, 6.45) is 3.20. The second-order valence-corrected chi connectivity index (χ2v) is 4.27. The van der Waals surface area contributed by atoms with E-state index in [0.717, 1.165) is 17.1 Å². The highest BCUT2D eigenvalue weighted by Crippen LogP contribution is 2.23. The lowest BCUT2D eigenvalue weighted by molar-refractivity contribution is 0.0950. The second-order valence-electron chi connectivity index (χ2n) is 3.41. The summed E-state index contributed by atoms with van der Waals surface area (Å²) in [6, 6.07) is 1.82. The molecule has 6 heteroatoms. The topological polar surface area (TPSA) is 67.2 Å². The van der Waals surface area contributed by atoms with Crippen LogP contribution in [0, 0.1) is 0 Å². The molecule has 5 nitrogen and oxygen atoms in total. The van der Waals surface area contributed by atoms with Crippen molar-refractivity contribution in [3.63, 3.8) is 0 Å². The molecule has 0 fully saturated rings. The minimum atomic E-state index is -0.147. The lowest BCUT2D eigenvalue weighted by Crippen LogP contribution is -2.30. The van der Waals surface area contributed by atoms with Crippen LogP contribution in [0.2, 0.25) is 0 Å². The third-order valence-electron chi connectivity index (χ3n) is 2.17. The average molecular weight is 251 g/mol. The van der Waals surface area contributed by atoms with E-state index in [1.54, 1.807) is 17.9 Å². The van der Waals surface area contributed by atoms with Crippen molar-refractivity contribution in [3.05, 3.63) is 29.7 Å². The van der Waals surface area contributed by atoms with Gasteiger partial charge < -0.3 is 15.1 Å². The number of aromatic nitrogens is 1. The molecule has 2 aromatic rings. The summed E-state index contributed by atoms with van der Waals surface area (Å²) in [5.41, 5.74) is 1.34. The van der Waals surface area contributed by atoms with Crippen LogP contribution in [0.5, 0.6) is 0 Å². The Bertz CT molecular complexity index is 479. The fraction of sp³-hybridized carbons (Fsp3) is 0.273. The highest BCUT2D eigenvalue weighted by atomic mass is 32.1. The Kier molecular flexibility index (Phi) is 3.89. The van der Waals surface area contributed by atoms with E-state index in [-0.39, 0.29) is 5.91 Å². The van der Waals surface area contributed by atoms with Crippen LogP contribution in [-0.4, -0.2) is 31.0 Å². The van der Waals surface area contributed by atoms with E-state index in [1.165, 1.54) is 11.3 Å². The van der Waals surface area contributed by atoms with Gasteiger partial charge in [0.05, 0.1) is 6.26 Å². The number of nitrogens with one attached hydrogen (secondary N) is 2. The zero-order valence-corrected chi connectivity index (χ0v) is 10.2. The smallest absolute Gasteiger partial charge is 0.270 e. The fourth-order valence-electron chi connectivity index (χ4n) is 1.29. The molecule has 0 saturated heterocycles. The van der Waals surface area contributed by atoms with Crippen molar-refractivity contribution in [1.82, 2.24) is 15.6 Å². The van der Waals surface area contributed by atoms with E-state index in [1.807, 2.05) is 13.1 Å². The van der Waals surface area contributed by atoms with Crippen molar-refractivity contribution in [2.45, 2.75) is 0 Å². The summed E-state index contributed by atoms with van der Waals surface area (Å²) in [5.74, 6) is -0.147. The number of hydrogen-bond donors (Lipinski definition) is 2. The molecule has 0 atom stereocenters. The van der Waals surface area contributed by atoms with Gasteiger partial charge in [-0.15, -0.1) is 11.3 Å². The molecule has 2 heterocycles. The molecule has 17 heavy (non-hydrogen) atoms. The monoisotopic (exact) mass is 251 g/mol. The van der Waals surface area contributed by atoms with Crippen LogP contribution in [-0.2, 0) is 0 Å². The van der Waals surface area contributed by atoms with Gasteiger partial charge in [0, 0.05) is 24.0 Å². The zero-order chi connectivity index (χ0) is 12.1. The van der Waals surface area contributed by atoms with Crippen LogP contribution in [0.25, 0.3) is 10.6 Å². The van der Waals surface area contributed by atoms with E-state index >= 15 is 0 Å². The molecule has 0 saturated carbocycles. The molecule has 0 aliphatic rings. The number of hydrogen-bond acceptors (Lipinski definition) is 5. The van der Waals surface area contributed by atoms with Crippen molar-refractivity contribution in [3.8, 4) is 10.6 Å². The van der Waals surface area contributed by atoms with E-state index in [4.69, 9.17) is 4.42 Å². The van der Waals surface area contributed by atoms with Crippen LogP contribution >= 0.6 is 11.3 Å². The molecule has 0 bridgehead atoms. The van der Waals surface area contributed by atoms with Crippen molar-refractivity contribution >= 4 is 17.2 Å². The van der Waals surface area contributed by atoms with Crippen LogP contribution in [0.3, 0.4) is 0 Å². The molecule has 2 aromatic heterocycles. The Morgan fingerprint density at radius 2 is 2.41 bits per heavy atom. The van der Waals surface area contributed by atoms with Gasteiger partial charge in [-0.1, -0.05) is 0 Å². The normalized spacial score (nSPS) is 10.4. The van der Waals surface area contributed by atoms with E-state index in [2.05, 4.69) is 15.6 Å². The van der Waals surface area contributed by atoms with Gasteiger partial charge in [0.2, 0.25) is 0 Å². The lowest BCUT2D eigenvalue weighted by atomic mass is 10.3. The molecular weight excluding hydrogens is 238 g/mol. The molecule has 0 aromatic carbocycles. The quantitative estimate of drug-likeness (QED) is 0.787. The number of nitrogens with zero attached hydrogens (tertiary/aromatic N) is 1. The first-order valence-electron chi connectivity index (χ1n) is 5.22. The number of rotatable bonds is 5. The van der Waals surface area contributed by atoms with E-state index in [0.29, 0.717) is 12.2 Å². The maximum absolute atomic E-state index is 11.7. The van der Waals surface area contributed by atoms with Gasteiger partial charge in [-0.05, 0) is 13.1 Å². The minimum absolute atomic E-state index is 0.147. The summed E-state index contributed by atoms with van der Waals surface area (Å²) >= 11 is 1.43. The molecule has 0 radical (unpaired) electrons. The SMILES string of the molecule is CNCCNC(=O)c1csc(-c2ccoc2)n1. The molecule has 1 amide bonds. The summed E-state index contributed by atoms with van der Waals surface area (Å²) in [4.78, 5) is 15.9. The van der Waals surface area contributed by atoms with Gasteiger partial charge in [0.25, 0.3) is 5.91 Å². The fourth-order valence-corrected chi connectivity index (χ4v) is 2.07. The molecule has 0 aliphatic carbocycles. The maximum Gasteiger partial charge on any atom is 0.270 e. The minimum Gasteiger partial charge on any atom is -0.472 e. The number of carbonyl (C=O) groups excluding carboxylic acids is 1. The summed E-state index contributed by atoms with van der Waals surface area (Å²) < 4.78 is 4.98. The largest absolute Gasteiger partial charge is 0.472 e. The Morgan fingerprint density at radius 3 is 3.12 bits per heavy atom. The van der Waals surface area contributed by atoms with E-state index < -0.39 is 0 Å². The lowest BCUT2D eigenvalue weighted by Gasteiger charge is -2.01. The Hall–Kier alpha value is -1.66. The first-order chi connectivity index (χ1) is 8.31. The van der Waals surface area contributed by atoms with Crippen LogP contribution in [0.15, 0.2) is 28.4 Å². The predicted octanol–water partition coefficient (Wildman–Crippen LogP) is 1.35. The molecule has 90 valence electrons. The summed E-state index contributed by atoms with van der Waals surface area (Å²) in [6.45, 7) is 1.33. The van der Waals surface area contributed by atoms with E-state index in [9.17, 15) is 4.79 Å². The van der Waals surface area contributed by atoms with Crippen LogP contribution in [0.4, 0.5) is 0 Å². The van der Waals surface area contributed by atoms with Crippen LogP contribution in [0.1, 0.15) is 10.5 Å². The zero-order valence-electron chi connectivity index (χ0n) is 9.40. The number of amides is 1. The molecule has 2 N–H and O–H groups in total. The van der Waals surface area contributed by atoms with Gasteiger partial charge in [-0.3, -0.25) is 4.79 Å². The molecule has 2 rings (SSSR count). The summed E-state index contributed by atoms with van der Waals surface area (Å²) in [5, 5.41) is 8.27. The number of carbonyl (C=O) groups is 1. The Balaban J connectivity index is 2.01. The Morgan fingerprint density at radius 1 is 1.53 bits per heavy atom.